The van der Waals surface area contributed by atoms with Crippen LogP contribution in [-0.4, -0.2) is 47.3 Å². The van der Waals surface area contributed by atoms with Crippen LogP contribution in [0.25, 0.3) is 10.1 Å². The van der Waals surface area contributed by atoms with Crippen molar-refractivity contribution in [3.63, 3.8) is 0 Å². The lowest BCUT2D eigenvalue weighted by Crippen LogP contribution is -2.48. The standard InChI is InChI=1S/C15H15BrN4O2S/c1-19(10-3-2-4-20(8-10)15(21)22)14-11-5-12(16)23-13(11)9(6-17)7-18-14/h5,7,10H,2-4,8H2,1H3,(H,21,22)/t10-/m0/s1. The van der Waals surface area contributed by atoms with E-state index in [1.165, 1.54) is 16.2 Å². The number of aromatic nitrogens is 1. The Kier molecular flexibility index (Phi) is 4.41. The number of nitriles is 1. The molecule has 6 nitrogen and oxygen atoms in total. The Morgan fingerprint density at radius 1 is 1.65 bits per heavy atom. The molecule has 120 valence electrons. The Balaban J connectivity index is 1.96. The van der Waals surface area contributed by atoms with E-state index in [2.05, 4.69) is 27.0 Å². The van der Waals surface area contributed by atoms with Gasteiger partial charge in [0.25, 0.3) is 0 Å². The topological polar surface area (TPSA) is 80.5 Å². The Labute approximate surface area is 146 Å². The first-order valence-corrected chi connectivity index (χ1v) is 8.81. The molecule has 0 aromatic carbocycles. The third-order valence-electron chi connectivity index (χ3n) is 4.17. The van der Waals surface area contributed by atoms with E-state index in [0.717, 1.165) is 32.5 Å². The van der Waals surface area contributed by atoms with Crippen LogP contribution in [0.1, 0.15) is 18.4 Å². The van der Waals surface area contributed by atoms with E-state index in [9.17, 15) is 15.2 Å². The van der Waals surface area contributed by atoms with Gasteiger partial charge in [0.05, 0.1) is 14.0 Å². The van der Waals surface area contributed by atoms with Gasteiger partial charge >= 0.3 is 6.09 Å². The van der Waals surface area contributed by atoms with E-state index in [-0.39, 0.29) is 6.04 Å². The van der Waals surface area contributed by atoms with Crippen molar-refractivity contribution in [2.24, 2.45) is 0 Å². The maximum Gasteiger partial charge on any atom is 0.407 e. The highest BCUT2D eigenvalue weighted by Crippen LogP contribution is 2.37. The molecule has 0 saturated carbocycles. The van der Waals surface area contributed by atoms with Crippen molar-refractivity contribution in [2.75, 3.05) is 25.0 Å². The van der Waals surface area contributed by atoms with E-state index in [1.54, 1.807) is 6.20 Å². The second-order valence-electron chi connectivity index (χ2n) is 5.54. The van der Waals surface area contributed by atoms with E-state index >= 15 is 0 Å². The molecule has 3 heterocycles. The molecule has 0 unspecified atom stereocenters. The first-order valence-electron chi connectivity index (χ1n) is 7.20. The van der Waals surface area contributed by atoms with E-state index in [0.29, 0.717) is 18.7 Å². The lowest BCUT2D eigenvalue weighted by atomic mass is 10.0. The molecule has 0 spiro atoms. The number of likely N-dealkylation sites (tertiary alicyclic amines) is 1. The van der Waals surface area contributed by atoms with Gasteiger partial charge < -0.3 is 14.9 Å². The minimum absolute atomic E-state index is 0.0853. The van der Waals surface area contributed by atoms with Crippen molar-refractivity contribution in [3.8, 4) is 6.07 Å². The van der Waals surface area contributed by atoms with Crippen molar-refractivity contribution >= 4 is 49.3 Å². The average molecular weight is 395 g/mol. The first-order chi connectivity index (χ1) is 11.0. The highest BCUT2D eigenvalue weighted by Gasteiger charge is 2.28. The van der Waals surface area contributed by atoms with Crippen LogP contribution in [0.4, 0.5) is 10.6 Å². The second-order valence-corrected chi connectivity index (χ2v) is 7.97. The molecular formula is C15H15BrN4O2S. The number of nitrogens with zero attached hydrogens (tertiary/aromatic N) is 4. The number of hydrogen-bond acceptors (Lipinski definition) is 5. The van der Waals surface area contributed by atoms with Gasteiger partial charge in [-0.15, -0.1) is 11.3 Å². The molecule has 1 N–H and O–H groups in total. The predicted octanol–water partition coefficient (Wildman–Crippen LogP) is 3.51. The number of halogens is 1. The summed E-state index contributed by atoms with van der Waals surface area (Å²) < 4.78 is 1.85. The minimum atomic E-state index is -0.876. The van der Waals surface area contributed by atoms with Crippen molar-refractivity contribution < 1.29 is 9.90 Å². The van der Waals surface area contributed by atoms with E-state index in [4.69, 9.17) is 0 Å². The summed E-state index contributed by atoms with van der Waals surface area (Å²) in [4.78, 5) is 19.2. The van der Waals surface area contributed by atoms with Crippen molar-refractivity contribution in [3.05, 3.63) is 21.6 Å². The molecule has 1 aliphatic rings. The zero-order chi connectivity index (χ0) is 16.6. The number of rotatable bonds is 2. The van der Waals surface area contributed by atoms with Gasteiger partial charge in [0.1, 0.15) is 11.9 Å². The molecule has 3 rings (SSSR count). The maximum absolute atomic E-state index is 11.2. The van der Waals surface area contributed by atoms with Gasteiger partial charge in [0, 0.05) is 37.8 Å². The summed E-state index contributed by atoms with van der Waals surface area (Å²) in [6, 6.07) is 4.23. The quantitative estimate of drug-likeness (QED) is 0.842. The number of piperidine rings is 1. The molecule has 23 heavy (non-hydrogen) atoms. The van der Waals surface area contributed by atoms with Gasteiger partial charge in [-0.05, 0) is 34.8 Å². The van der Waals surface area contributed by atoms with Crippen LogP contribution in [-0.2, 0) is 0 Å². The van der Waals surface area contributed by atoms with Crippen LogP contribution < -0.4 is 4.90 Å². The fourth-order valence-electron chi connectivity index (χ4n) is 2.96. The molecule has 2 aromatic rings. The lowest BCUT2D eigenvalue weighted by molar-refractivity contribution is 0.130. The molecule has 1 fully saturated rings. The predicted molar refractivity (Wildman–Crippen MR) is 93.1 cm³/mol. The zero-order valence-electron chi connectivity index (χ0n) is 12.5. The Morgan fingerprint density at radius 2 is 2.43 bits per heavy atom. The van der Waals surface area contributed by atoms with Crippen LogP contribution in [0.2, 0.25) is 0 Å². The highest BCUT2D eigenvalue weighted by molar-refractivity contribution is 9.11. The van der Waals surface area contributed by atoms with Crippen LogP contribution in [0.5, 0.6) is 0 Å². The normalized spacial score (nSPS) is 18.0. The molecule has 0 aliphatic carbocycles. The van der Waals surface area contributed by atoms with Crippen LogP contribution in [0.3, 0.4) is 0 Å². The molecule has 1 atom stereocenters. The number of fused-ring (bicyclic) bond motifs is 1. The van der Waals surface area contributed by atoms with Gasteiger partial charge in [-0.25, -0.2) is 9.78 Å². The van der Waals surface area contributed by atoms with Crippen LogP contribution in [0.15, 0.2) is 16.0 Å². The molecule has 1 amide bonds. The number of carbonyl (C=O) groups is 1. The van der Waals surface area contributed by atoms with Gasteiger partial charge in [0.2, 0.25) is 0 Å². The summed E-state index contributed by atoms with van der Waals surface area (Å²) >= 11 is 4.98. The first kappa shape index (κ1) is 16.0. The summed E-state index contributed by atoms with van der Waals surface area (Å²) in [5.41, 5.74) is 0.559. The number of pyridine rings is 1. The summed E-state index contributed by atoms with van der Waals surface area (Å²) in [5, 5.41) is 19.4. The monoisotopic (exact) mass is 394 g/mol. The Bertz CT molecular complexity index is 801. The molecule has 8 heteroatoms. The number of anilines is 1. The van der Waals surface area contributed by atoms with Gasteiger partial charge in [-0.3, -0.25) is 0 Å². The number of thiophene rings is 1. The molecule has 0 bridgehead atoms. The van der Waals surface area contributed by atoms with Gasteiger partial charge in [-0.1, -0.05) is 0 Å². The lowest BCUT2D eigenvalue weighted by Gasteiger charge is -2.37. The number of likely N-dealkylation sites (N-methyl/N-ethyl adjacent to an activating group) is 1. The number of hydrogen-bond donors (Lipinski definition) is 1. The second kappa shape index (κ2) is 6.34. The molecule has 0 radical (unpaired) electrons. The summed E-state index contributed by atoms with van der Waals surface area (Å²) in [7, 11) is 1.94. The van der Waals surface area contributed by atoms with Crippen molar-refractivity contribution in [1.29, 1.82) is 5.26 Å². The van der Waals surface area contributed by atoms with Gasteiger partial charge in [0.15, 0.2) is 0 Å². The highest BCUT2D eigenvalue weighted by atomic mass is 79.9. The minimum Gasteiger partial charge on any atom is -0.465 e. The summed E-state index contributed by atoms with van der Waals surface area (Å²) in [6.45, 7) is 1.06. The van der Waals surface area contributed by atoms with Crippen molar-refractivity contribution in [2.45, 2.75) is 18.9 Å². The Hall–Kier alpha value is -1.85. The number of amides is 1. The molecule has 1 aliphatic heterocycles. The largest absolute Gasteiger partial charge is 0.465 e. The number of carboxylic acid groups (broad SMARTS) is 1. The summed E-state index contributed by atoms with van der Waals surface area (Å²) in [5.74, 6) is 0.790. The third kappa shape index (κ3) is 2.99. The van der Waals surface area contributed by atoms with Crippen LogP contribution in [0, 0.1) is 11.3 Å². The fraction of sp³-hybridized carbons (Fsp3) is 0.400. The maximum atomic E-state index is 11.2. The van der Waals surface area contributed by atoms with Crippen LogP contribution >= 0.6 is 27.3 Å². The average Bonchev–Trinajstić information content (AvgIpc) is 2.94. The van der Waals surface area contributed by atoms with Crippen molar-refractivity contribution in [1.82, 2.24) is 9.88 Å². The molecule has 2 aromatic heterocycles. The SMILES string of the molecule is CN(c1ncc(C#N)c2sc(Br)cc12)[C@H]1CCCN(C(=O)O)C1. The van der Waals surface area contributed by atoms with E-state index < -0.39 is 6.09 Å². The van der Waals surface area contributed by atoms with E-state index in [1.807, 2.05) is 18.0 Å². The Morgan fingerprint density at radius 3 is 3.13 bits per heavy atom. The smallest absolute Gasteiger partial charge is 0.407 e. The zero-order valence-corrected chi connectivity index (χ0v) is 14.9. The molecule has 1 saturated heterocycles. The van der Waals surface area contributed by atoms with Gasteiger partial charge in [-0.2, -0.15) is 5.26 Å². The fourth-order valence-corrected chi connectivity index (χ4v) is 4.51. The third-order valence-corrected chi connectivity index (χ3v) is 5.84. The molecular weight excluding hydrogens is 380 g/mol. The summed E-state index contributed by atoms with van der Waals surface area (Å²) in [6.07, 6.45) is 2.48.